The Hall–Kier alpha value is -8.78. The van der Waals surface area contributed by atoms with Gasteiger partial charge in [0.15, 0.2) is 0 Å². The lowest BCUT2D eigenvalue weighted by Gasteiger charge is -2.05. The topological polar surface area (TPSA) is 9.23 Å². The van der Waals surface area contributed by atoms with Gasteiger partial charge in [-0.25, -0.2) is 0 Å². The van der Waals surface area contributed by atoms with Crippen LogP contribution in [0, 0.1) is 13.8 Å². The van der Waals surface area contributed by atoms with Gasteiger partial charge in [0, 0.05) is 0 Å². The molecule has 526 valence electrons. The van der Waals surface area contributed by atoms with Crippen molar-refractivity contribution in [3.05, 3.63) is 344 Å². The second kappa shape index (κ2) is 90.4. The highest BCUT2D eigenvalue weighted by Gasteiger charge is 1.94. The van der Waals surface area contributed by atoms with Crippen LogP contribution in [0.3, 0.4) is 0 Å². The normalized spacial score (nSPS) is 7.83. The molecular weight excluding hydrogens is 1160 g/mol. The summed E-state index contributed by atoms with van der Waals surface area (Å²) < 4.78 is 5.59. The Morgan fingerprint density at radius 2 is 0.312 bits per heavy atom. The molecule has 12 aromatic rings. The molecule has 0 fully saturated rings. The molecule has 0 radical (unpaired) electrons. The zero-order valence-corrected chi connectivity index (χ0v) is 66.3. The minimum atomic E-state index is 0.630. The van der Waals surface area contributed by atoms with E-state index in [9.17, 15) is 0 Å². The molecule has 1 nitrogen and oxygen atoms in total. The summed E-state index contributed by atoms with van der Waals surface area (Å²) in [6.45, 7) is 56.8. The Morgan fingerprint density at radius 3 is 0.479 bits per heavy atom. The van der Waals surface area contributed by atoms with Crippen LogP contribution in [0.5, 0.6) is 5.75 Å². The van der Waals surface area contributed by atoms with Crippen molar-refractivity contribution < 1.29 is 4.74 Å². The Labute approximate surface area is 595 Å². The van der Waals surface area contributed by atoms with Gasteiger partial charge in [-0.1, -0.05) is 507 Å². The molecule has 12 aromatic carbocycles. The molecule has 1 heteroatoms. The molecule has 0 aromatic heterocycles. The van der Waals surface area contributed by atoms with Crippen LogP contribution in [0.2, 0.25) is 0 Å². The molecule has 0 aliphatic rings. The minimum Gasteiger partial charge on any atom is -0.489 e. The van der Waals surface area contributed by atoms with E-state index in [4.69, 9.17) is 4.74 Å². The zero-order valence-electron chi connectivity index (χ0n) is 66.3. The number of ether oxygens (including phenoxy) is 1. The van der Waals surface area contributed by atoms with Crippen molar-refractivity contribution in [2.45, 2.75) is 200 Å². The monoisotopic (exact) mass is 1300 g/mol. The summed E-state index contributed by atoms with van der Waals surface area (Å²) in [5.41, 5.74) is 6.39. The third-order valence-electron chi connectivity index (χ3n) is 10.7. The molecule has 96 heavy (non-hydrogen) atoms. The minimum absolute atomic E-state index is 0.630. The standard InChI is InChI=1S/C13H12O.C12H10.3C10H8.2C7H8.13C2H6/c1-3-7-12(8-4-1)11-14-13-9-5-2-6-10-13;1-3-7-11(8-4-1)12-9-5-2-6-10-12;3*1-2-6-10-8-4-3-7-9(10)5-1;2*1-7-5-3-2-4-6-7;13*1-2/h1-10H,11H2;1-10H;3*1-8H;2*2-6H,1H3;13*1-2H3. The largest absolute Gasteiger partial charge is 0.489 e. The van der Waals surface area contributed by atoms with Crippen LogP contribution in [-0.2, 0) is 6.61 Å². The number of benzene rings is 12. The summed E-state index contributed by atoms with van der Waals surface area (Å²) in [6.07, 6.45) is 0. The van der Waals surface area contributed by atoms with Crippen LogP contribution < -0.4 is 4.74 Å². The maximum absolute atomic E-state index is 5.59. The van der Waals surface area contributed by atoms with Gasteiger partial charge in [0.05, 0.1) is 0 Å². The second-order valence-corrected chi connectivity index (χ2v) is 16.2. The molecule has 0 amide bonds. The highest BCUT2D eigenvalue weighted by Crippen LogP contribution is 2.18. The van der Waals surface area contributed by atoms with Gasteiger partial charge in [-0.05, 0) is 75.0 Å². The number of rotatable bonds is 4. The van der Waals surface area contributed by atoms with E-state index in [1.165, 1.54) is 60.1 Å². The van der Waals surface area contributed by atoms with Gasteiger partial charge in [0.1, 0.15) is 12.4 Å². The molecule has 0 heterocycles. The van der Waals surface area contributed by atoms with E-state index in [0.717, 1.165) is 5.75 Å². The van der Waals surface area contributed by atoms with E-state index >= 15 is 0 Å². The molecule has 0 N–H and O–H groups in total. The van der Waals surface area contributed by atoms with Crippen molar-refractivity contribution in [3.8, 4) is 16.9 Å². The molecule has 0 spiro atoms. The van der Waals surface area contributed by atoms with Gasteiger partial charge < -0.3 is 4.74 Å². The number of aryl methyl sites for hydroxylation is 2. The van der Waals surface area contributed by atoms with Crippen molar-refractivity contribution in [1.29, 1.82) is 0 Å². The van der Waals surface area contributed by atoms with Crippen LogP contribution in [-0.4, -0.2) is 0 Å². The average Bonchev–Trinajstić information content (AvgIpc) is 1.26. The maximum atomic E-state index is 5.59. The quantitative estimate of drug-likeness (QED) is 0.171. The van der Waals surface area contributed by atoms with Crippen LogP contribution in [0.4, 0.5) is 0 Å². The number of para-hydroxylation sites is 1. The summed E-state index contributed by atoms with van der Waals surface area (Å²) in [4.78, 5) is 0. The van der Waals surface area contributed by atoms with Crippen LogP contribution in [0.1, 0.15) is 197 Å². The first kappa shape index (κ1) is 103. The van der Waals surface area contributed by atoms with Crippen LogP contribution in [0.25, 0.3) is 43.4 Å². The number of hydrogen-bond donors (Lipinski definition) is 0. The highest BCUT2D eigenvalue weighted by molar-refractivity contribution is 5.83. The van der Waals surface area contributed by atoms with Gasteiger partial charge in [-0.3, -0.25) is 0 Å². The van der Waals surface area contributed by atoms with E-state index in [2.05, 4.69) is 244 Å². The average molecular weight is 1300 g/mol. The van der Waals surface area contributed by atoms with Crippen LogP contribution >= 0.6 is 0 Å². The molecule has 0 aliphatic heterocycles. The lowest BCUT2D eigenvalue weighted by Crippen LogP contribution is -1.94. The molecule has 0 saturated carbocycles. The third kappa shape index (κ3) is 57.8. The summed E-state index contributed by atoms with van der Waals surface area (Å²) in [7, 11) is 0. The fraction of sp³-hybridized carbons (Fsp3) is 0.305. The first-order chi connectivity index (χ1) is 47.6. The summed E-state index contributed by atoms with van der Waals surface area (Å²) in [5, 5.41) is 7.86. The lowest BCUT2D eigenvalue weighted by atomic mass is 10.1. The second-order valence-electron chi connectivity index (χ2n) is 16.2. The SMILES string of the molecule is CC.CC.CC.CC.CC.CC.CC.CC.CC.CC.CC.CC.CC.Cc1ccccc1.Cc1ccccc1.c1ccc(-c2ccccc2)cc1.c1ccc(COc2ccccc2)cc1.c1ccc2ccccc2c1.c1ccc2ccccc2c1.c1ccc2ccccc2c1. The molecule has 0 bridgehead atoms. The summed E-state index contributed by atoms with van der Waals surface area (Å²) in [6, 6.07) is 111. The predicted octanol–water partition coefficient (Wildman–Crippen LogP) is 32.5. The Bertz CT molecular complexity index is 2710. The van der Waals surface area contributed by atoms with Crippen molar-refractivity contribution in [2.24, 2.45) is 0 Å². The van der Waals surface area contributed by atoms with Gasteiger partial charge in [-0.2, -0.15) is 0 Å². The van der Waals surface area contributed by atoms with Crippen molar-refractivity contribution in [1.82, 2.24) is 0 Å². The van der Waals surface area contributed by atoms with E-state index in [1.54, 1.807) is 0 Å². The first-order valence-electron chi connectivity index (χ1n) is 36.8. The molecule has 0 atom stereocenters. The summed E-state index contributed by atoms with van der Waals surface area (Å²) in [5.74, 6) is 0.913. The maximum Gasteiger partial charge on any atom is 0.119 e. The lowest BCUT2D eigenvalue weighted by molar-refractivity contribution is 0.306. The van der Waals surface area contributed by atoms with Crippen molar-refractivity contribution in [3.63, 3.8) is 0 Å². The molecular formula is C95H140O. The van der Waals surface area contributed by atoms with Gasteiger partial charge in [0.2, 0.25) is 0 Å². The number of hydrogen-bond acceptors (Lipinski definition) is 1. The number of fused-ring (bicyclic) bond motifs is 3. The fourth-order valence-electron chi connectivity index (χ4n) is 6.99. The zero-order chi connectivity index (χ0) is 74.5. The third-order valence-corrected chi connectivity index (χ3v) is 10.7. The van der Waals surface area contributed by atoms with Crippen molar-refractivity contribution in [2.75, 3.05) is 0 Å². The van der Waals surface area contributed by atoms with E-state index in [-0.39, 0.29) is 0 Å². The Kier molecular flexibility index (Phi) is 97.3. The summed E-state index contributed by atoms with van der Waals surface area (Å²) >= 11 is 0. The molecule has 0 aliphatic carbocycles. The van der Waals surface area contributed by atoms with E-state index in [1.807, 2.05) is 277 Å². The Balaban J connectivity index is -0.000000149. The predicted molar refractivity (Wildman–Crippen MR) is 451 cm³/mol. The Morgan fingerprint density at radius 1 is 0.167 bits per heavy atom. The van der Waals surface area contributed by atoms with E-state index < -0.39 is 0 Å². The highest BCUT2D eigenvalue weighted by atomic mass is 16.5. The molecule has 12 rings (SSSR count). The first-order valence-corrected chi connectivity index (χ1v) is 36.8. The van der Waals surface area contributed by atoms with Crippen LogP contribution in [0.15, 0.2) is 328 Å². The smallest absolute Gasteiger partial charge is 0.119 e. The van der Waals surface area contributed by atoms with Gasteiger partial charge in [-0.15, -0.1) is 0 Å². The fourth-order valence-corrected chi connectivity index (χ4v) is 6.99. The van der Waals surface area contributed by atoms with E-state index in [0.29, 0.717) is 6.61 Å². The van der Waals surface area contributed by atoms with Gasteiger partial charge >= 0.3 is 0 Å². The van der Waals surface area contributed by atoms with Gasteiger partial charge in [0.25, 0.3) is 0 Å². The molecule has 0 saturated heterocycles. The van der Waals surface area contributed by atoms with Crippen molar-refractivity contribution >= 4 is 32.3 Å². The molecule has 0 unspecified atom stereocenters.